The van der Waals surface area contributed by atoms with Gasteiger partial charge in [-0.3, -0.25) is 0 Å². The van der Waals surface area contributed by atoms with Gasteiger partial charge >= 0.3 is 0 Å². The molecule has 0 saturated carbocycles. The first-order valence-electron chi connectivity index (χ1n) is 7.45. The number of thioether (sulfide) groups is 1. The first-order chi connectivity index (χ1) is 9.78. The molecule has 1 saturated heterocycles. The Labute approximate surface area is 131 Å². The normalized spacial score (nSPS) is 20.2. The van der Waals surface area contributed by atoms with E-state index in [4.69, 9.17) is 16.3 Å². The van der Waals surface area contributed by atoms with Crippen LogP contribution >= 0.6 is 23.4 Å². The van der Waals surface area contributed by atoms with E-state index in [1.165, 1.54) is 37.0 Å². The fraction of sp³-hybridized carbons (Fsp3) is 0.625. The van der Waals surface area contributed by atoms with E-state index in [9.17, 15) is 0 Å². The Bertz CT molecular complexity index is 379. The lowest BCUT2D eigenvalue weighted by Gasteiger charge is -2.17. The van der Waals surface area contributed by atoms with Crippen LogP contribution in [0.4, 0.5) is 0 Å². The molecular formula is C16H24ClNOS. The molecule has 0 aliphatic carbocycles. The van der Waals surface area contributed by atoms with Crippen LogP contribution in [0.25, 0.3) is 0 Å². The fourth-order valence-corrected chi connectivity index (χ4v) is 3.68. The molecule has 0 aromatic heterocycles. The number of hydrogen-bond donors (Lipinski definition) is 1. The molecule has 0 radical (unpaired) electrons. The molecular weight excluding hydrogens is 290 g/mol. The molecule has 0 bridgehead atoms. The first-order valence-corrected chi connectivity index (χ1v) is 8.81. The largest absolute Gasteiger partial charge is 0.378 e. The highest BCUT2D eigenvalue weighted by Gasteiger charge is 2.15. The molecule has 4 heteroatoms. The Morgan fingerprint density at radius 3 is 2.85 bits per heavy atom. The van der Waals surface area contributed by atoms with Gasteiger partial charge in [0.1, 0.15) is 0 Å². The van der Waals surface area contributed by atoms with E-state index in [1.54, 1.807) is 0 Å². The van der Waals surface area contributed by atoms with E-state index in [0.29, 0.717) is 12.1 Å². The summed E-state index contributed by atoms with van der Waals surface area (Å²) >= 11 is 7.79. The highest BCUT2D eigenvalue weighted by molar-refractivity contribution is 7.99. The van der Waals surface area contributed by atoms with Gasteiger partial charge in [0.05, 0.1) is 6.10 Å². The second kappa shape index (κ2) is 8.93. The molecule has 0 spiro atoms. The van der Waals surface area contributed by atoms with Crippen molar-refractivity contribution in [3.63, 3.8) is 0 Å². The molecule has 1 aliphatic rings. The molecule has 2 unspecified atom stereocenters. The van der Waals surface area contributed by atoms with Crippen molar-refractivity contribution in [3.05, 3.63) is 29.3 Å². The van der Waals surface area contributed by atoms with Gasteiger partial charge in [0, 0.05) is 28.3 Å². The van der Waals surface area contributed by atoms with Crippen molar-refractivity contribution in [3.8, 4) is 0 Å². The molecule has 1 aromatic carbocycles. The minimum atomic E-state index is 0.524. The highest BCUT2D eigenvalue weighted by atomic mass is 35.5. The minimum Gasteiger partial charge on any atom is -0.378 e. The summed E-state index contributed by atoms with van der Waals surface area (Å²) in [6.07, 6.45) is 6.70. The Morgan fingerprint density at radius 1 is 1.40 bits per heavy atom. The Kier molecular flexibility index (Phi) is 7.22. The van der Waals surface area contributed by atoms with Crippen LogP contribution in [-0.4, -0.2) is 31.6 Å². The molecule has 1 N–H and O–H groups in total. The molecule has 2 nitrogen and oxygen atoms in total. The van der Waals surface area contributed by atoms with Gasteiger partial charge in [-0.15, -0.1) is 11.8 Å². The first kappa shape index (κ1) is 16.2. The average molecular weight is 314 g/mol. The molecule has 1 aliphatic heterocycles. The van der Waals surface area contributed by atoms with Crippen molar-refractivity contribution in [2.24, 2.45) is 0 Å². The molecule has 1 aromatic rings. The van der Waals surface area contributed by atoms with Crippen LogP contribution in [0.3, 0.4) is 0 Å². The molecule has 1 heterocycles. The topological polar surface area (TPSA) is 21.3 Å². The summed E-state index contributed by atoms with van der Waals surface area (Å²) < 4.78 is 5.67. The SMILES string of the molecule is CNC(CCCC1CCCO1)CSc1ccc(Cl)cc1. The van der Waals surface area contributed by atoms with E-state index in [2.05, 4.69) is 24.5 Å². The van der Waals surface area contributed by atoms with Crippen LogP contribution in [0.2, 0.25) is 5.02 Å². The summed E-state index contributed by atoms with van der Waals surface area (Å²) in [7, 11) is 2.05. The predicted octanol–water partition coefficient (Wildman–Crippen LogP) is 4.37. The fourth-order valence-electron chi connectivity index (χ4n) is 2.50. The number of halogens is 1. The summed E-state index contributed by atoms with van der Waals surface area (Å²) in [5, 5.41) is 4.22. The van der Waals surface area contributed by atoms with Crippen LogP contribution in [0, 0.1) is 0 Å². The quantitative estimate of drug-likeness (QED) is 0.720. The predicted molar refractivity (Wildman–Crippen MR) is 87.8 cm³/mol. The maximum absolute atomic E-state index is 5.90. The van der Waals surface area contributed by atoms with Gasteiger partial charge in [-0.25, -0.2) is 0 Å². The Hall–Kier alpha value is -0.220. The molecule has 2 rings (SSSR count). The number of benzene rings is 1. The van der Waals surface area contributed by atoms with Gasteiger partial charge in [-0.2, -0.15) is 0 Å². The van der Waals surface area contributed by atoms with Crippen molar-refractivity contribution in [2.45, 2.75) is 49.1 Å². The van der Waals surface area contributed by atoms with Crippen molar-refractivity contribution in [2.75, 3.05) is 19.4 Å². The van der Waals surface area contributed by atoms with Crippen LogP contribution < -0.4 is 5.32 Å². The van der Waals surface area contributed by atoms with E-state index >= 15 is 0 Å². The standard InChI is InChI=1S/C16H24ClNOS/c1-18-14(4-2-5-15-6-3-11-19-15)12-20-16-9-7-13(17)8-10-16/h7-10,14-15,18H,2-6,11-12H2,1H3. The summed E-state index contributed by atoms with van der Waals surface area (Å²) in [5.41, 5.74) is 0. The zero-order valence-electron chi connectivity index (χ0n) is 12.1. The third-order valence-electron chi connectivity index (χ3n) is 3.78. The maximum Gasteiger partial charge on any atom is 0.0576 e. The highest BCUT2D eigenvalue weighted by Crippen LogP contribution is 2.23. The lowest BCUT2D eigenvalue weighted by molar-refractivity contribution is 0.101. The van der Waals surface area contributed by atoms with Crippen LogP contribution in [0.1, 0.15) is 32.1 Å². The third-order valence-corrected chi connectivity index (χ3v) is 5.20. The summed E-state index contributed by atoms with van der Waals surface area (Å²) in [6, 6.07) is 8.65. The maximum atomic E-state index is 5.90. The second-order valence-electron chi connectivity index (χ2n) is 5.32. The number of ether oxygens (including phenoxy) is 1. The van der Waals surface area contributed by atoms with Gasteiger partial charge in [0.15, 0.2) is 0 Å². The number of hydrogen-bond acceptors (Lipinski definition) is 3. The zero-order chi connectivity index (χ0) is 14.2. The van der Waals surface area contributed by atoms with Crippen molar-refractivity contribution < 1.29 is 4.74 Å². The smallest absolute Gasteiger partial charge is 0.0576 e. The number of rotatable bonds is 8. The van der Waals surface area contributed by atoms with E-state index < -0.39 is 0 Å². The van der Waals surface area contributed by atoms with Crippen molar-refractivity contribution in [1.82, 2.24) is 5.32 Å². The molecule has 20 heavy (non-hydrogen) atoms. The van der Waals surface area contributed by atoms with E-state index in [0.717, 1.165) is 17.4 Å². The van der Waals surface area contributed by atoms with Crippen molar-refractivity contribution >= 4 is 23.4 Å². The third kappa shape index (κ3) is 5.65. The van der Waals surface area contributed by atoms with Gasteiger partial charge in [-0.05, 0) is 63.4 Å². The Morgan fingerprint density at radius 2 is 2.20 bits per heavy atom. The van der Waals surface area contributed by atoms with Crippen LogP contribution in [0.5, 0.6) is 0 Å². The summed E-state index contributed by atoms with van der Waals surface area (Å²) in [5.74, 6) is 1.10. The van der Waals surface area contributed by atoms with Gasteiger partial charge in [-0.1, -0.05) is 11.6 Å². The lowest BCUT2D eigenvalue weighted by atomic mass is 10.1. The molecule has 0 amide bonds. The molecule has 112 valence electrons. The monoisotopic (exact) mass is 313 g/mol. The average Bonchev–Trinajstić information content (AvgIpc) is 2.97. The van der Waals surface area contributed by atoms with Crippen molar-refractivity contribution in [1.29, 1.82) is 0 Å². The number of nitrogens with one attached hydrogen (secondary N) is 1. The van der Waals surface area contributed by atoms with E-state index in [-0.39, 0.29) is 0 Å². The molecule has 1 fully saturated rings. The summed E-state index contributed by atoms with van der Waals surface area (Å²) in [4.78, 5) is 1.29. The zero-order valence-corrected chi connectivity index (χ0v) is 13.7. The van der Waals surface area contributed by atoms with Gasteiger partial charge in [0.2, 0.25) is 0 Å². The van der Waals surface area contributed by atoms with E-state index in [1.807, 2.05) is 23.9 Å². The second-order valence-corrected chi connectivity index (χ2v) is 6.85. The van der Waals surface area contributed by atoms with Crippen LogP contribution in [-0.2, 0) is 4.74 Å². The molecule has 2 atom stereocenters. The Balaban J connectivity index is 1.64. The van der Waals surface area contributed by atoms with Gasteiger partial charge < -0.3 is 10.1 Å². The van der Waals surface area contributed by atoms with Crippen LogP contribution in [0.15, 0.2) is 29.2 Å². The minimum absolute atomic E-state index is 0.524. The van der Waals surface area contributed by atoms with Gasteiger partial charge in [0.25, 0.3) is 0 Å². The summed E-state index contributed by atoms with van der Waals surface area (Å²) in [6.45, 7) is 0.965. The lowest BCUT2D eigenvalue weighted by Crippen LogP contribution is -2.27.